The second-order valence-corrected chi connectivity index (χ2v) is 9.97. The molecule has 4 rings (SSSR count). The third-order valence-corrected chi connectivity index (χ3v) is 7.67. The van der Waals surface area contributed by atoms with Crippen LogP contribution in [0.2, 0.25) is 10.0 Å². The minimum absolute atomic E-state index is 0. The lowest BCUT2D eigenvalue weighted by atomic mass is 9.97. The van der Waals surface area contributed by atoms with E-state index < -0.39 is 27.6 Å². The van der Waals surface area contributed by atoms with Crippen LogP contribution in [0.3, 0.4) is 0 Å². The van der Waals surface area contributed by atoms with Crippen molar-refractivity contribution in [2.45, 2.75) is 11.0 Å². The molecule has 2 N–H and O–H groups in total. The van der Waals surface area contributed by atoms with Gasteiger partial charge in [0, 0.05) is 24.6 Å². The third-order valence-electron chi connectivity index (χ3n) is 5.03. The van der Waals surface area contributed by atoms with E-state index in [1.807, 2.05) is 0 Å². The van der Waals surface area contributed by atoms with Gasteiger partial charge >= 0.3 is 5.76 Å². The zero-order valence-corrected chi connectivity index (χ0v) is 19.7. The van der Waals surface area contributed by atoms with Gasteiger partial charge in [-0.05, 0) is 29.8 Å². The maximum atomic E-state index is 13.4. The molecule has 1 saturated heterocycles. The van der Waals surface area contributed by atoms with Crippen molar-refractivity contribution >= 4 is 45.4 Å². The second kappa shape index (κ2) is 10.4. The molecule has 0 aliphatic carbocycles. The van der Waals surface area contributed by atoms with Gasteiger partial charge in [0.15, 0.2) is 15.7 Å². The number of hydrogen-bond donors (Lipinski definition) is 2. The van der Waals surface area contributed by atoms with Crippen LogP contribution in [0, 0.1) is 5.92 Å². The molecule has 172 valence electrons. The van der Waals surface area contributed by atoms with Gasteiger partial charge in [-0.1, -0.05) is 46.6 Å². The van der Waals surface area contributed by atoms with Crippen molar-refractivity contribution in [2.24, 2.45) is 5.92 Å². The molecule has 2 heterocycles. The lowest BCUT2D eigenvalue weighted by Crippen LogP contribution is -2.30. The van der Waals surface area contributed by atoms with E-state index in [9.17, 15) is 13.2 Å². The van der Waals surface area contributed by atoms with Crippen molar-refractivity contribution in [3.8, 4) is 11.4 Å². The molecule has 0 radical (unpaired) electrons. The van der Waals surface area contributed by atoms with E-state index in [2.05, 4.69) is 20.0 Å². The Balaban J connectivity index is 0.00000289. The number of nitrogens with one attached hydrogen (secondary N) is 2. The quantitative estimate of drug-likeness (QED) is 0.529. The lowest BCUT2D eigenvalue weighted by molar-refractivity contribution is 0.0369. The van der Waals surface area contributed by atoms with Crippen LogP contribution in [-0.2, 0) is 14.6 Å². The van der Waals surface area contributed by atoms with Crippen LogP contribution in [-0.4, -0.2) is 44.0 Å². The van der Waals surface area contributed by atoms with E-state index in [1.54, 1.807) is 36.4 Å². The Bertz CT molecular complexity index is 1250. The molecular weight excluding hydrogens is 501 g/mol. The Hall–Kier alpha value is -1.88. The summed E-state index contributed by atoms with van der Waals surface area (Å²) in [7, 11) is -3.79. The zero-order valence-electron chi connectivity index (χ0n) is 16.6. The molecule has 3 aromatic rings. The van der Waals surface area contributed by atoms with Crippen molar-refractivity contribution in [1.82, 2.24) is 15.5 Å². The molecule has 8 nitrogen and oxygen atoms in total. The Morgan fingerprint density at radius 3 is 2.62 bits per heavy atom. The SMILES string of the molecule is Cl.O=c1[nH]c(-c2ccccc2S(=O)(=O)C[C@@H]2CNCCO[C@H]2c2ccc(Cl)c(Cl)c2)no1. The molecule has 1 aliphatic heterocycles. The Morgan fingerprint density at radius 2 is 1.91 bits per heavy atom. The van der Waals surface area contributed by atoms with Crippen LogP contribution in [0.1, 0.15) is 11.7 Å². The summed E-state index contributed by atoms with van der Waals surface area (Å²) in [4.78, 5) is 13.8. The summed E-state index contributed by atoms with van der Waals surface area (Å²) in [5, 5.41) is 7.64. The first-order chi connectivity index (χ1) is 14.8. The minimum atomic E-state index is -3.79. The van der Waals surface area contributed by atoms with Gasteiger partial charge in [0.2, 0.25) is 0 Å². The molecule has 0 amide bonds. The highest BCUT2D eigenvalue weighted by atomic mass is 35.5. The second-order valence-electron chi connectivity index (χ2n) is 7.15. The highest BCUT2D eigenvalue weighted by Crippen LogP contribution is 2.34. The molecule has 12 heteroatoms. The number of halogens is 3. The molecule has 1 aromatic heterocycles. The van der Waals surface area contributed by atoms with Crippen LogP contribution in [0.15, 0.2) is 56.7 Å². The van der Waals surface area contributed by atoms with Gasteiger partial charge in [0.1, 0.15) is 0 Å². The van der Waals surface area contributed by atoms with Gasteiger partial charge in [-0.15, -0.1) is 12.4 Å². The minimum Gasteiger partial charge on any atom is -0.372 e. The smallest absolute Gasteiger partial charge is 0.372 e. The summed E-state index contributed by atoms with van der Waals surface area (Å²) in [6.07, 6.45) is -0.487. The number of aromatic nitrogens is 2. The van der Waals surface area contributed by atoms with Gasteiger partial charge in [-0.3, -0.25) is 9.51 Å². The molecule has 0 bridgehead atoms. The van der Waals surface area contributed by atoms with E-state index >= 15 is 0 Å². The standard InChI is InChI=1S/C20H19Cl2N3O5S.ClH/c21-15-6-5-12(9-16(15)22)18-13(10-23-7-8-29-18)11-31(27,28)17-4-2-1-3-14(17)19-24-20(26)30-25-19;/h1-6,9,13,18,23H,7-8,10-11H2,(H,24,25,26);1H/t13-,18-;/m0./s1. The van der Waals surface area contributed by atoms with Crippen LogP contribution in [0.4, 0.5) is 0 Å². The molecule has 2 atom stereocenters. The van der Waals surface area contributed by atoms with E-state index in [0.717, 1.165) is 5.56 Å². The number of sulfone groups is 1. The molecule has 1 aliphatic rings. The first kappa shape index (κ1) is 24.8. The van der Waals surface area contributed by atoms with Gasteiger partial charge in [-0.2, -0.15) is 0 Å². The third kappa shape index (κ3) is 5.36. The number of hydrogen-bond acceptors (Lipinski definition) is 7. The van der Waals surface area contributed by atoms with Crippen LogP contribution >= 0.6 is 35.6 Å². The Kier molecular flexibility index (Phi) is 8.02. The number of H-pyrrole nitrogens is 1. The van der Waals surface area contributed by atoms with Crippen LogP contribution in [0.5, 0.6) is 0 Å². The molecule has 0 unspecified atom stereocenters. The number of nitrogens with zero attached hydrogens (tertiary/aromatic N) is 1. The molecule has 2 aromatic carbocycles. The molecular formula is C20H20Cl3N3O5S. The van der Waals surface area contributed by atoms with Crippen LogP contribution < -0.4 is 11.1 Å². The Labute approximate surface area is 200 Å². The average molecular weight is 521 g/mol. The normalized spacial score (nSPS) is 19.2. The summed E-state index contributed by atoms with van der Waals surface area (Å²) in [6.45, 7) is 1.47. The van der Waals surface area contributed by atoms with E-state index in [4.69, 9.17) is 27.9 Å². The predicted molar refractivity (Wildman–Crippen MR) is 123 cm³/mol. The van der Waals surface area contributed by atoms with E-state index in [-0.39, 0.29) is 34.4 Å². The van der Waals surface area contributed by atoms with Crippen LogP contribution in [0.25, 0.3) is 11.4 Å². The predicted octanol–water partition coefficient (Wildman–Crippen LogP) is 3.51. The highest BCUT2D eigenvalue weighted by molar-refractivity contribution is 7.91. The Morgan fingerprint density at radius 1 is 1.12 bits per heavy atom. The van der Waals surface area contributed by atoms with Crippen molar-refractivity contribution < 1.29 is 17.7 Å². The van der Waals surface area contributed by atoms with Gasteiger partial charge in [0.25, 0.3) is 0 Å². The zero-order chi connectivity index (χ0) is 22.0. The summed E-state index contributed by atoms with van der Waals surface area (Å²) in [6, 6.07) is 11.5. The molecule has 1 fully saturated rings. The number of aromatic amines is 1. The van der Waals surface area contributed by atoms with Gasteiger partial charge in [0.05, 0.1) is 33.4 Å². The average Bonchev–Trinajstić information content (AvgIpc) is 3.05. The van der Waals surface area contributed by atoms with Crippen molar-refractivity contribution in [3.05, 3.63) is 68.6 Å². The number of ether oxygens (including phenoxy) is 1. The number of benzene rings is 2. The summed E-state index contributed by atoms with van der Waals surface area (Å²) in [5.41, 5.74) is 1.02. The summed E-state index contributed by atoms with van der Waals surface area (Å²) >= 11 is 12.2. The van der Waals surface area contributed by atoms with Crippen molar-refractivity contribution in [2.75, 3.05) is 25.4 Å². The van der Waals surface area contributed by atoms with Crippen molar-refractivity contribution in [3.63, 3.8) is 0 Å². The van der Waals surface area contributed by atoms with Gasteiger partial charge in [-0.25, -0.2) is 13.2 Å². The molecule has 0 saturated carbocycles. The van der Waals surface area contributed by atoms with E-state index in [0.29, 0.717) is 29.7 Å². The fourth-order valence-corrected chi connectivity index (χ4v) is 5.77. The first-order valence-corrected chi connectivity index (χ1v) is 11.9. The molecule has 32 heavy (non-hydrogen) atoms. The first-order valence-electron chi connectivity index (χ1n) is 9.50. The lowest BCUT2D eigenvalue weighted by Gasteiger charge is -2.25. The maximum Gasteiger partial charge on any atom is 0.439 e. The summed E-state index contributed by atoms with van der Waals surface area (Å²) < 4.78 is 37.4. The van der Waals surface area contributed by atoms with Gasteiger partial charge < -0.3 is 10.1 Å². The van der Waals surface area contributed by atoms with Crippen molar-refractivity contribution in [1.29, 1.82) is 0 Å². The molecule has 0 spiro atoms. The topological polar surface area (TPSA) is 114 Å². The largest absolute Gasteiger partial charge is 0.439 e. The van der Waals surface area contributed by atoms with E-state index in [1.165, 1.54) is 6.07 Å². The maximum absolute atomic E-state index is 13.4. The fourth-order valence-electron chi connectivity index (χ4n) is 3.64. The summed E-state index contributed by atoms with van der Waals surface area (Å²) in [5.74, 6) is -1.29. The number of rotatable bonds is 5. The monoisotopic (exact) mass is 519 g/mol. The fraction of sp³-hybridized carbons (Fsp3) is 0.300. The highest BCUT2D eigenvalue weighted by Gasteiger charge is 2.33.